The largest absolute Gasteiger partial charge is 0.325 e. The van der Waals surface area contributed by atoms with Crippen molar-refractivity contribution in [2.24, 2.45) is 0 Å². The molecule has 3 nitrogen and oxygen atoms in total. The molecule has 1 rings (SSSR count). The number of benzene rings is 1. The zero-order valence-corrected chi connectivity index (χ0v) is 11.7. The number of anilines is 1. The van der Waals surface area contributed by atoms with E-state index in [1.807, 2.05) is 17.0 Å². The van der Waals surface area contributed by atoms with Crippen LogP contribution in [0.3, 0.4) is 0 Å². The topological polar surface area (TPSA) is 32.3 Å². The minimum absolute atomic E-state index is 0.00273. The highest BCUT2D eigenvalue weighted by Gasteiger charge is 2.11. The number of nitrogens with one attached hydrogen (secondary N) is 1. The Morgan fingerprint density at radius 2 is 1.61 bits per heavy atom. The van der Waals surface area contributed by atoms with Crippen molar-refractivity contribution in [1.29, 1.82) is 0 Å². The summed E-state index contributed by atoms with van der Waals surface area (Å²) in [4.78, 5) is 13.9. The minimum Gasteiger partial charge on any atom is -0.325 e. The smallest absolute Gasteiger partial charge is 0.321 e. The van der Waals surface area contributed by atoms with Gasteiger partial charge in [0.05, 0.1) is 0 Å². The van der Waals surface area contributed by atoms with Crippen LogP contribution in [-0.4, -0.2) is 24.0 Å². The van der Waals surface area contributed by atoms with Gasteiger partial charge in [-0.2, -0.15) is 0 Å². The summed E-state index contributed by atoms with van der Waals surface area (Å²) in [5.41, 5.74) is 2.15. The lowest BCUT2D eigenvalue weighted by Crippen LogP contribution is -2.36. The molecule has 0 atom stereocenters. The second-order valence-electron chi connectivity index (χ2n) is 4.47. The van der Waals surface area contributed by atoms with Gasteiger partial charge in [-0.1, -0.05) is 32.9 Å². The van der Waals surface area contributed by atoms with Gasteiger partial charge in [0.1, 0.15) is 0 Å². The molecule has 18 heavy (non-hydrogen) atoms. The summed E-state index contributed by atoms with van der Waals surface area (Å²) in [5, 5.41) is 2.95. The summed E-state index contributed by atoms with van der Waals surface area (Å²) >= 11 is 0. The normalized spacial score (nSPS) is 10.2. The average molecular weight is 248 g/mol. The third-order valence-corrected chi connectivity index (χ3v) is 2.89. The Balaban J connectivity index is 2.60. The van der Waals surface area contributed by atoms with Crippen LogP contribution in [0.25, 0.3) is 0 Å². The first-order chi connectivity index (χ1) is 8.71. The molecule has 1 N–H and O–H groups in total. The van der Waals surface area contributed by atoms with E-state index in [2.05, 4.69) is 38.2 Å². The number of carbonyl (C=O) groups excluding carboxylic acids is 1. The molecule has 0 saturated heterocycles. The molecule has 2 amide bonds. The van der Waals surface area contributed by atoms with Crippen LogP contribution in [0.5, 0.6) is 0 Å². The third-order valence-electron chi connectivity index (χ3n) is 2.89. The van der Waals surface area contributed by atoms with Crippen molar-refractivity contribution in [2.45, 2.75) is 40.0 Å². The van der Waals surface area contributed by atoms with E-state index in [1.54, 1.807) is 0 Å². The van der Waals surface area contributed by atoms with E-state index in [0.717, 1.165) is 38.0 Å². The molecule has 0 aromatic heterocycles. The fraction of sp³-hybridized carbons (Fsp3) is 0.533. The van der Waals surface area contributed by atoms with Crippen molar-refractivity contribution in [2.75, 3.05) is 18.4 Å². The molecule has 0 unspecified atom stereocenters. The van der Waals surface area contributed by atoms with Crippen molar-refractivity contribution >= 4 is 11.7 Å². The van der Waals surface area contributed by atoms with Crippen LogP contribution >= 0.6 is 0 Å². The Morgan fingerprint density at radius 1 is 1.06 bits per heavy atom. The third kappa shape index (κ3) is 4.40. The second-order valence-corrected chi connectivity index (χ2v) is 4.47. The van der Waals surface area contributed by atoms with E-state index in [-0.39, 0.29) is 6.03 Å². The molecule has 0 aliphatic rings. The molecule has 1 aromatic carbocycles. The van der Waals surface area contributed by atoms with Gasteiger partial charge < -0.3 is 10.2 Å². The lowest BCUT2D eigenvalue weighted by Gasteiger charge is -2.21. The molecule has 0 aliphatic heterocycles. The highest BCUT2D eigenvalue weighted by Crippen LogP contribution is 2.11. The quantitative estimate of drug-likeness (QED) is 0.813. The molecule has 100 valence electrons. The summed E-state index contributed by atoms with van der Waals surface area (Å²) < 4.78 is 0. The molecular weight excluding hydrogens is 224 g/mol. The average Bonchev–Trinajstić information content (AvgIpc) is 2.39. The summed E-state index contributed by atoms with van der Waals surface area (Å²) in [7, 11) is 0. The molecule has 0 heterocycles. The first kappa shape index (κ1) is 14.6. The van der Waals surface area contributed by atoms with E-state index in [4.69, 9.17) is 0 Å². The van der Waals surface area contributed by atoms with Gasteiger partial charge in [0.25, 0.3) is 0 Å². The summed E-state index contributed by atoms with van der Waals surface area (Å²) in [6.45, 7) is 7.93. The highest BCUT2D eigenvalue weighted by atomic mass is 16.2. The summed E-state index contributed by atoms with van der Waals surface area (Å²) in [5.74, 6) is 0. The molecule has 0 aliphatic carbocycles. The van der Waals surface area contributed by atoms with E-state index in [1.165, 1.54) is 5.56 Å². The van der Waals surface area contributed by atoms with Crippen LogP contribution in [0, 0.1) is 0 Å². The first-order valence-electron chi connectivity index (χ1n) is 6.86. The van der Waals surface area contributed by atoms with Gasteiger partial charge in [-0.3, -0.25) is 0 Å². The number of carbonyl (C=O) groups is 1. The Morgan fingerprint density at radius 3 is 2.06 bits per heavy atom. The van der Waals surface area contributed by atoms with Crippen LogP contribution in [0.1, 0.15) is 39.2 Å². The summed E-state index contributed by atoms with van der Waals surface area (Å²) in [6.07, 6.45) is 3.00. The van der Waals surface area contributed by atoms with Crippen LogP contribution in [0.15, 0.2) is 24.3 Å². The van der Waals surface area contributed by atoms with E-state index < -0.39 is 0 Å². The van der Waals surface area contributed by atoms with Crippen molar-refractivity contribution in [1.82, 2.24) is 4.90 Å². The maximum Gasteiger partial charge on any atom is 0.321 e. The molecule has 0 radical (unpaired) electrons. The van der Waals surface area contributed by atoms with Gasteiger partial charge in [0.2, 0.25) is 0 Å². The SMILES string of the molecule is CCCN(CCC)C(=O)Nc1ccc(CC)cc1. The van der Waals surface area contributed by atoms with Gasteiger partial charge in [-0.05, 0) is 37.0 Å². The number of amides is 2. The molecule has 0 bridgehead atoms. The van der Waals surface area contributed by atoms with Crippen LogP contribution in [-0.2, 0) is 6.42 Å². The summed E-state index contributed by atoms with van der Waals surface area (Å²) in [6, 6.07) is 8.04. The van der Waals surface area contributed by atoms with Crippen molar-refractivity contribution in [3.05, 3.63) is 29.8 Å². The maximum atomic E-state index is 12.1. The van der Waals surface area contributed by atoms with Gasteiger partial charge in [-0.15, -0.1) is 0 Å². The molecule has 3 heteroatoms. The van der Waals surface area contributed by atoms with Crippen molar-refractivity contribution < 1.29 is 4.79 Å². The van der Waals surface area contributed by atoms with Gasteiger partial charge in [0.15, 0.2) is 0 Å². The minimum atomic E-state index is 0.00273. The molecule has 0 spiro atoms. The maximum absolute atomic E-state index is 12.1. The Bertz CT molecular complexity index is 353. The molecule has 0 saturated carbocycles. The molecular formula is C15H24N2O. The fourth-order valence-electron chi connectivity index (χ4n) is 1.88. The number of rotatable bonds is 6. The first-order valence-corrected chi connectivity index (χ1v) is 6.86. The van der Waals surface area contributed by atoms with Crippen LogP contribution in [0.4, 0.5) is 10.5 Å². The number of hydrogen-bond donors (Lipinski definition) is 1. The Labute approximate surface area is 110 Å². The van der Waals surface area contributed by atoms with Crippen molar-refractivity contribution in [3.8, 4) is 0 Å². The molecule has 1 aromatic rings. The Hall–Kier alpha value is -1.51. The predicted octanol–water partition coefficient (Wildman–Crippen LogP) is 3.90. The standard InChI is InChI=1S/C15H24N2O/c1-4-11-17(12-5-2)15(18)16-14-9-7-13(6-3)8-10-14/h7-10H,4-6,11-12H2,1-3H3,(H,16,18). The lowest BCUT2D eigenvalue weighted by molar-refractivity contribution is 0.211. The number of urea groups is 1. The molecule has 0 fully saturated rings. The van der Waals surface area contributed by atoms with Gasteiger partial charge in [-0.25, -0.2) is 4.79 Å². The highest BCUT2D eigenvalue weighted by molar-refractivity contribution is 5.89. The lowest BCUT2D eigenvalue weighted by atomic mass is 10.1. The zero-order chi connectivity index (χ0) is 13.4. The van der Waals surface area contributed by atoms with E-state index >= 15 is 0 Å². The van der Waals surface area contributed by atoms with Gasteiger partial charge >= 0.3 is 6.03 Å². The number of aryl methyl sites for hydroxylation is 1. The van der Waals surface area contributed by atoms with E-state index in [9.17, 15) is 4.79 Å². The van der Waals surface area contributed by atoms with Crippen molar-refractivity contribution in [3.63, 3.8) is 0 Å². The van der Waals surface area contributed by atoms with Gasteiger partial charge in [0, 0.05) is 18.8 Å². The second kappa shape index (κ2) is 7.75. The van der Waals surface area contributed by atoms with Crippen LogP contribution < -0.4 is 5.32 Å². The Kier molecular flexibility index (Phi) is 6.26. The predicted molar refractivity (Wildman–Crippen MR) is 77.0 cm³/mol. The monoisotopic (exact) mass is 248 g/mol. The number of nitrogens with zero attached hydrogens (tertiary/aromatic N) is 1. The van der Waals surface area contributed by atoms with E-state index in [0.29, 0.717) is 0 Å². The zero-order valence-electron chi connectivity index (χ0n) is 11.7. The number of hydrogen-bond acceptors (Lipinski definition) is 1. The van der Waals surface area contributed by atoms with Crippen LogP contribution in [0.2, 0.25) is 0 Å². The fourth-order valence-corrected chi connectivity index (χ4v) is 1.88.